The summed E-state index contributed by atoms with van der Waals surface area (Å²) in [6.45, 7) is 0.639. The minimum Gasteiger partial charge on any atom is -0.368 e. The maximum absolute atomic E-state index is 12.6. The average Bonchev–Trinajstić information content (AvgIpc) is 3.24. The number of nitrogens with one attached hydrogen (secondary N) is 2. The van der Waals surface area contributed by atoms with E-state index in [0.29, 0.717) is 17.9 Å². The molecule has 0 spiro atoms. The number of fused-ring (bicyclic) bond motifs is 1. The zero-order valence-electron chi connectivity index (χ0n) is 15.3. The Morgan fingerprint density at radius 1 is 0.926 bits per heavy atom. The highest BCUT2D eigenvalue weighted by atomic mass is 16.5. The molecule has 2 aromatic carbocycles. The van der Waals surface area contributed by atoms with E-state index in [2.05, 4.69) is 16.7 Å². The quantitative estimate of drug-likeness (QED) is 0.864. The second kappa shape index (κ2) is 7.92. The van der Waals surface area contributed by atoms with Gasteiger partial charge in [-0.2, -0.15) is 0 Å². The molecule has 1 unspecified atom stereocenters. The van der Waals surface area contributed by atoms with Crippen molar-refractivity contribution in [2.24, 2.45) is 0 Å². The van der Waals surface area contributed by atoms with Crippen LogP contribution >= 0.6 is 0 Å². The molecule has 0 saturated carbocycles. The molecule has 0 bridgehead atoms. The number of rotatable bonds is 4. The van der Waals surface area contributed by atoms with Gasteiger partial charge in [-0.3, -0.25) is 9.59 Å². The predicted octanol–water partition coefficient (Wildman–Crippen LogP) is 3.94. The number of hydrogen-bond donors (Lipinski definition) is 2. The molecule has 1 aliphatic carbocycles. The van der Waals surface area contributed by atoms with Gasteiger partial charge in [-0.1, -0.05) is 12.1 Å². The standard InChI is InChI=1S/C22H24N2O3/c25-21(24-19-8-3-6-15-5-1-2-7-18(15)19)16-10-12-17(13-11-16)23-22(26)20-9-4-14-27-20/h3,6,8,10-13,20H,1-2,4-5,7,9,14H2,(H,23,26)(H,24,25). The minimum atomic E-state index is -0.364. The second-order valence-electron chi connectivity index (χ2n) is 7.17. The topological polar surface area (TPSA) is 67.4 Å². The van der Waals surface area contributed by atoms with Crippen LogP contribution in [0.2, 0.25) is 0 Å². The van der Waals surface area contributed by atoms with Gasteiger partial charge in [0, 0.05) is 23.5 Å². The third-order valence-corrected chi connectivity index (χ3v) is 5.28. The van der Waals surface area contributed by atoms with Gasteiger partial charge in [-0.05, 0) is 80.0 Å². The van der Waals surface area contributed by atoms with E-state index in [4.69, 9.17) is 4.74 Å². The second-order valence-corrected chi connectivity index (χ2v) is 7.17. The van der Waals surface area contributed by atoms with E-state index in [9.17, 15) is 9.59 Å². The van der Waals surface area contributed by atoms with Crippen molar-refractivity contribution in [3.05, 3.63) is 59.2 Å². The molecule has 1 fully saturated rings. The van der Waals surface area contributed by atoms with E-state index in [0.717, 1.165) is 31.4 Å². The SMILES string of the molecule is O=C(Nc1cccc2c1CCCC2)c1ccc(NC(=O)C2CCCO2)cc1. The minimum absolute atomic E-state index is 0.124. The van der Waals surface area contributed by atoms with Crippen LogP contribution in [-0.2, 0) is 22.4 Å². The van der Waals surface area contributed by atoms with Crippen LogP contribution in [-0.4, -0.2) is 24.5 Å². The Morgan fingerprint density at radius 2 is 1.74 bits per heavy atom. The van der Waals surface area contributed by atoms with Crippen LogP contribution < -0.4 is 10.6 Å². The Morgan fingerprint density at radius 3 is 2.52 bits per heavy atom. The van der Waals surface area contributed by atoms with E-state index >= 15 is 0 Å². The van der Waals surface area contributed by atoms with Crippen LogP contribution in [0.15, 0.2) is 42.5 Å². The first-order valence-electron chi connectivity index (χ1n) is 9.65. The van der Waals surface area contributed by atoms with Crippen molar-refractivity contribution >= 4 is 23.2 Å². The highest BCUT2D eigenvalue weighted by molar-refractivity contribution is 6.05. The van der Waals surface area contributed by atoms with E-state index in [-0.39, 0.29) is 17.9 Å². The number of carbonyl (C=O) groups excluding carboxylic acids is 2. The lowest BCUT2D eigenvalue weighted by Crippen LogP contribution is -2.26. The monoisotopic (exact) mass is 364 g/mol. The average molecular weight is 364 g/mol. The maximum Gasteiger partial charge on any atom is 0.255 e. The molecule has 2 aliphatic rings. The van der Waals surface area contributed by atoms with Gasteiger partial charge in [-0.25, -0.2) is 0 Å². The molecule has 0 radical (unpaired) electrons. The first-order chi connectivity index (χ1) is 13.2. The van der Waals surface area contributed by atoms with E-state index in [1.165, 1.54) is 24.0 Å². The molecule has 5 nitrogen and oxygen atoms in total. The summed E-state index contributed by atoms with van der Waals surface area (Å²) >= 11 is 0. The summed E-state index contributed by atoms with van der Waals surface area (Å²) in [6, 6.07) is 13.1. The third-order valence-electron chi connectivity index (χ3n) is 5.28. The van der Waals surface area contributed by atoms with Crippen molar-refractivity contribution in [3.8, 4) is 0 Å². The van der Waals surface area contributed by atoms with Crippen molar-refractivity contribution in [2.45, 2.75) is 44.6 Å². The molecular weight excluding hydrogens is 340 g/mol. The van der Waals surface area contributed by atoms with Crippen LogP contribution in [0.1, 0.15) is 47.2 Å². The molecule has 1 saturated heterocycles. The molecule has 2 N–H and O–H groups in total. The number of benzene rings is 2. The number of amides is 2. The summed E-state index contributed by atoms with van der Waals surface area (Å²) in [5, 5.41) is 5.89. The first-order valence-corrected chi connectivity index (χ1v) is 9.65. The Labute approximate surface area is 159 Å². The van der Waals surface area contributed by atoms with Crippen molar-refractivity contribution in [3.63, 3.8) is 0 Å². The van der Waals surface area contributed by atoms with Gasteiger partial charge in [0.15, 0.2) is 0 Å². The molecule has 27 heavy (non-hydrogen) atoms. The summed E-state index contributed by atoms with van der Waals surface area (Å²) < 4.78 is 5.38. The normalized spacial score (nSPS) is 18.6. The molecule has 1 atom stereocenters. The van der Waals surface area contributed by atoms with E-state index < -0.39 is 0 Å². The number of carbonyl (C=O) groups is 2. The number of ether oxygens (including phenoxy) is 1. The molecule has 1 aliphatic heterocycles. The fraction of sp³-hybridized carbons (Fsp3) is 0.364. The fourth-order valence-electron chi connectivity index (χ4n) is 3.81. The Kier molecular flexibility index (Phi) is 5.21. The van der Waals surface area contributed by atoms with Crippen molar-refractivity contribution in [1.82, 2.24) is 0 Å². The summed E-state index contributed by atoms with van der Waals surface area (Å²) in [5.74, 6) is -0.258. The van der Waals surface area contributed by atoms with E-state index in [1.54, 1.807) is 24.3 Å². The summed E-state index contributed by atoms with van der Waals surface area (Å²) in [6.07, 6.45) is 5.78. The summed E-state index contributed by atoms with van der Waals surface area (Å²) in [5.41, 5.74) is 4.75. The van der Waals surface area contributed by atoms with Gasteiger partial charge in [0.2, 0.25) is 0 Å². The maximum atomic E-state index is 12.6. The smallest absolute Gasteiger partial charge is 0.255 e. The van der Waals surface area contributed by atoms with Gasteiger partial charge in [0.1, 0.15) is 6.10 Å². The van der Waals surface area contributed by atoms with Crippen LogP contribution in [0.3, 0.4) is 0 Å². The number of anilines is 2. The lowest BCUT2D eigenvalue weighted by atomic mass is 9.90. The van der Waals surface area contributed by atoms with Crippen LogP contribution in [0, 0.1) is 0 Å². The van der Waals surface area contributed by atoms with Gasteiger partial charge in [0.05, 0.1) is 0 Å². The van der Waals surface area contributed by atoms with Crippen molar-refractivity contribution < 1.29 is 14.3 Å². The van der Waals surface area contributed by atoms with Gasteiger partial charge >= 0.3 is 0 Å². The molecule has 140 valence electrons. The summed E-state index contributed by atoms with van der Waals surface area (Å²) in [7, 11) is 0. The molecule has 5 heteroatoms. The Bertz CT molecular complexity index is 839. The highest BCUT2D eigenvalue weighted by Gasteiger charge is 2.23. The number of aryl methyl sites for hydroxylation is 1. The van der Waals surface area contributed by atoms with Crippen LogP contribution in [0.25, 0.3) is 0 Å². The van der Waals surface area contributed by atoms with Gasteiger partial charge in [0.25, 0.3) is 11.8 Å². The lowest BCUT2D eigenvalue weighted by Gasteiger charge is -2.19. The van der Waals surface area contributed by atoms with E-state index in [1.807, 2.05) is 12.1 Å². The zero-order chi connectivity index (χ0) is 18.6. The summed E-state index contributed by atoms with van der Waals surface area (Å²) in [4.78, 5) is 24.7. The largest absolute Gasteiger partial charge is 0.368 e. The van der Waals surface area contributed by atoms with Crippen molar-refractivity contribution in [2.75, 3.05) is 17.2 Å². The van der Waals surface area contributed by atoms with Crippen LogP contribution in [0.4, 0.5) is 11.4 Å². The molecule has 0 aromatic heterocycles. The third kappa shape index (κ3) is 4.03. The fourth-order valence-corrected chi connectivity index (χ4v) is 3.81. The zero-order valence-corrected chi connectivity index (χ0v) is 15.3. The Hall–Kier alpha value is -2.66. The molecule has 1 heterocycles. The molecule has 2 aromatic rings. The van der Waals surface area contributed by atoms with Gasteiger partial charge < -0.3 is 15.4 Å². The van der Waals surface area contributed by atoms with Crippen LogP contribution in [0.5, 0.6) is 0 Å². The van der Waals surface area contributed by atoms with Gasteiger partial charge in [-0.15, -0.1) is 0 Å². The predicted molar refractivity (Wildman–Crippen MR) is 105 cm³/mol. The highest BCUT2D eigenvalue weighted by Crippen LogP contribution is 2.28. The van der Waals surface area contributed by atoms with Crippen molar-refractivity contribution in [1.29, 1.82) is 0 Å². The lowest BCUT2D eigenvalue weighted by molar-refractivity contribution is -0.124. The Balaban J connectivity index is 1.41. The molecular formula is C22H24N2O3. The molecule has 2 amide bonds. The number of hydrogen-bond acceptors (Lipinski definition) is 3. The molecule has 4 rings (SSSR count). The first kappa shape index (κ1) is 17.7.